The molecule has 0 unspecified atom stereocenters. The quantitative estimate of drug-likeness (QED) is 0.591. The summed E-state index contributed by atoms with van der Waals surface area (Å²) in [7, 11) is 0. The predicted molar refractivity (Wildman–Crippen MR) is 71.0 cm³/mol. The van der Waals surface area contributed by atoms with Gasteiger partial charge in [0.05, 0.1) is 0 Å². The number of aliphatic imine (C=N–C) groups is 1. The van der Waals surface area contributed by atoms with Crippen molar-refractivity contribution in [2.45, 2.75) is 12.8 Å². The van der Waals surface area contributed by atoms with Crippen molar-refractivity contribution in [3.63, 3.8) is 0 Å². The second-order valence-corrected chi connectivity index (χ2v) is 4.32. The first-order chi connectivity index (χ1) is 7.29. The van der Waals surface area contributed by atoms with Gasteiger partial charge in [-0.05, 0) is 18.9 Å². The van der Waals surface area contributed by atoms with Gasteiger partial charge in [0, 0.05) is 22.2 Å². The lowest BCUT2D eigenvalue weighted by atomic mass is 10.3. The number of allylic oxidation sites excluding steroid dienone is 6. The molecule has 78 valence electrons. The van der Waals surface area contributed by atoms with E-state index in [2.05, 4.69) is 30.3 Å². The van der Waals surface area contributed by atoms with Gasteiger partial charge in [0.1, 0.15) is 0 Å². The smallest absolute Gasteiger partial charge is 0.0401 e. The Kier molecular flexibility index (Phi) is 5.56. The fraction of sp³-hybridized carbons (Fsp3) is 0.154. The van der Waals surface area contributed by atoms with E-state index in [9.17, 15) is 0 Å². The van der Waals surface area contributed by atoms with Crippen molar-refractivity contribution in [3.05, 3.63) is 59.5 Å². The van der Waals surface area contributed by atoms with E-state index in [0.717, 1.165) is 22.7 Å². The Hall–Kier alpha value is -1.28. The van der Waals surface area contributed by atoms with E-state index < -0.39 is 0 Å². The molecular formula is C13H15NS. The van der Waals surface area contributed by atoms with E-state index >= 15 is 0 Å². The van der Waals surface area contributed by atoms with Gasteiger partial charge in [-0.1, -0.05) is 49.2 Å². The first kappa shape index (κ1) is 11.8. The zero-order valence-electron chi connectivity index (χ0n) is 8.73. The molecular weight excluding hydrogens is 202 g/mol. The molecule has 0 aromatic rings. The largest absolute Gasteiger partial charge is 0.264 e. The van der Waals surface area contributed by atoms with Crippen LogP contribution in [0.5, 0.6) is 0 Å². The van der Waals surface area contributed by atoms with Crippen LogP contribution in [-0.2, 0) is 0 Å². The van der Waals surface area contributed by atoms with Gasteiger partial charge in [-0.3, -0.25) is 4.99 Å². The highest BCUT2D eigenvalue weighted by molar-refractivity contribution is 8.07. The normalized spacial score (nSPS) is 24.8. The summed E-state index contributed by atoms with van der Waals surface area (Å²) in [6.45, 7) is 7.80. The van der Waals surface area contributed by atoms with E-state index in [1.165, 1.54) is 11.8 Å². The summed E-state index contributed by atoms with van der Waals surface area (Å²) in [6, 6.07) is 0. The standard InChI is InChI=1S/C13H15NS/c1-12-9-7-5-3-4-6-8-10-14-11-13(2)15-12/h3,5,7-11H,1-2,4,6H2/b5-3-,9-7-,10-8-,14-11?. The fourth-order valence-corrected chi connectivity index (χ4v) is 1.62. The summed E-state index contributed by atoms with van der Waals surface area (Å²) in [4.78, 5) is 6.01. The van der Waals surface area contributed by atoms with Crippen LogP contribution in [-0.4, -0.2) is 6.21 Å². The maximum atomic E-state index is 4.14. The van der Waals surface area contributed by atoms with Gasteiger partial charge in [-0.25, -0.2) is 0 Å². The van der Waals surface area contributed by atoms with Crippen molar-refractivity contribution in [1.82, 2.24) is 0 Å². The maximum absolute atomic E-state index is 4.14. The molecule has 1 nitrogen and oxygen atoms in total. The Labute approximate surface area is 95.7 Å². The fourth-order valence-electron chi connectivity index (χ4n) is 1.02. The van der Waals surface area contributed by atoms with Gasteiger partial charge in [-0.2, -0.15) is 0 Å². The zero-order valence-corrected chi connectivity index (χ0v) is 9.54. The van der Waals surface area contributed by atoms with Crippen LogP contribution in [0.1, 0.15) is 12.8 Å². The second-order valence-electron chi connectivity index (χ2n) is 3.06. The molecule has 2 heteroatoms. The van der Waals surface area contributed by atoms with Crippen molar-refractivity contribution in [1.29, 1.82) is 0 Å². The van der Waals surface area contributed by atoms with Gasteiger partial charge in [0.25, 0.3) is 0 Å². The van der Waals surface area contributed by atoms with E-state index in [0.29, 0.717) is 0 Å². The summed E-state index contributed by atoms with van der Waals surface area (Å²) in [5.41, 5.74) is 0. The van der Waals surface area contributed by atoms with Gasteiger partial charge in [0.15, 0.2) is 0 Å². The molecule has 0 saturated carbocycles. The topological polar surface area (TPSA) is 12.4 Å². The lowest BCUT2D eigenvalue weighted by molar-refractivity contribution is 1.05. The summed E-state index contributed by atoms with van der Waals surface area (Å²) in [5, 5.41) is 0. The lowest BCUT2D eigenvalue weighted by Crippen LogP contribution is -1.75. The molecule has 0 aromatic carbocycles. The van der Waals surface area contributed by atoms with Gasteiger partial charge in [0.2, 0.25) is 0 Å². The van der Waals surface area contributed by atoms with Crippen molar-refractivity contribution in [2.24, 2.45) is 4.99 Å². The highest BCUT2D eigenvalue weighted by Gasteiger charge is 1.92. The first-order valence-corrected chi connectivity index (χ1v) is 5.68. The molecule has 0 fully saturated rings. The van der Waals surface area contributed by atoms with Crippen molar-refractivity contribution < 1.29 is 0 Å². The van der Waals surface area contributed by atoms with Crippen LogP contribution in [0.15, 0.2) is 64.5 Å². The lowest BCUT2D eigenvalue weighted by Gasteiger charge is -1.97. The van der Waals surface area contributed by atoms with E-state index in [1.54, 1.807) is 6.21 Å². The summed E-state index contributed by atoms with van der Waals surface area (Å²) in [5.74, 6) is 0. The molecule has 1 aliphatic rings. The second kappa shape index (κ2) is 7.07. The third-order valence-electron chi connectivity index (χ3n) is 1.70. The number of hydrogen-bond acceptors (Lipinski definition) is 2. The number of hydrogen-bond donors (Lipinski definition) is 0. The SMILES string of the molecule is C=C1C=N/C=C\CC/C=C\C=C/C(=C)S1. The molecule has 0 aliphatic carbocycles. The van der Waals surface area contributed by atoms with Crippen LogP contribution in [0, 0.1) is 0 Å². The molecule has 0 radical (unpaired) electrons. The Bertz CT molecular complexity index is 312. The third kappa shape index (κ3) is 5.92. The zero-order chi connectivity index (χ0) is 10.9. The van der Waals surface area contributed by atoms with Crippen LogP contribution in [0.3, 0.4) is 0 Å². The van der Waals surface area contributed by atoms with Crippen molar-refractivity contribution >= 4 is 18.0 Å². The Morgan fingerprint density at radius 2 is 1.87 bits per heavy atom. The molecule has 0 spiro atoms. The summed E-state index contributed by atoms with van der Waals surface area (Å²) in [6.07, 6.45) is 15.8. The average Bonchev–Trinajstić information content (AvgIpc) is 2.21. The number of thioether (sulfide) groups is 1. The number of rotatable bonds is 0. The third-order valence-corrected chi connectivity index (χ3v) is 2.47. The number of nitrogens with zero attached hydrogens (tertiary/aromatic N) is 1. The molecule has 0 aromatic heterocycles. The predicted octanol–water partition coefficient (Wildman–Crippen LogP) is 4.24. The molecule has 1 aliphatic heterocycles. The Morgan fingerprint density at radius 1 is 1.07 bits per heavy atom. The van der Waals surface area contributed by atoms with E-state index in [1.807, 2.05) is 24.4 Å². The van der Waals surface area contributed by atoms with Gasteiger partial charge in [-0.15, -0.1) is 0 Å². The van der Waals surface area contributed by atoms with Crippen molar-refractivity contribution in [2.75, 3.05) is 0 Å². The molecule has 0 amide bonds. The van der Waals surface area contributed by atoms with Crippen LogP contribution in [0.4, 0.5) is 0 Å². The average molecular weight is 217 g/mol. The molecule has 1 rings (SSSR count). The van der Waals surface area contributed by atoms with E-state index in [-0.39, 0.29) is 0 Å². The van der Waals surface area contributed by atoms with Crippen LogP contribution in [0.25, 0.3) is 0 Å². The van der Waals surface area contributed by atoms with E-state index in [4.69, 9.17) is 0 Å². The highest BCUT2D eigenvalue weighted by Crippen LogP contribution is 2.22. The summed E-state index contributed by atoms with van der Waals surface area (Å²) >= 11 is 1.53. The van der Waals surface area contributed by atoms with Crippen molar-refractivity contribution in [3.8, 4) is 0 Å². The Morgan fingerprint density at radius 3 is 2.73 bits per heavy atom. The van der Waals surface area contributed by atoms with Gasteiger partial charge >= 0.3 is 0 Å². The minimum atomic E-state index is 0.900. The van der Waals surface area contributed by atoms with Crippen LogP contribution >= 0.6 is 11.8 Å². The Balaban J connectivity index is 2.68. The maximum Gasteiger partial charge on any atom is 0.0401 e. The summed E-state index contributed by atoms with van der Waals surface area (Å²) < 4.78 is 0. The van der Waals surface area contributed by atoms with Gasteiger partial charge < -0.3 is 0 Å². The minimum absolute atomic E-state index is 0.900. The molecule has 15 heavy (non-hydrogen) atoms. The minimum Gasteiger partial charge on any atom is -0.264 e. The molecule has 0 saturated heterocycles. The van der Waals surface area contributed by atoms with Crippen LogP contribution in [0.2, 0.25) is 0 Å². The molecule has 0 bridgehead atoms. The molecule has 0 atom stereocenters. The first-order valence-electron chi connectivity index (χ1n) is 4.86. The van der Waals surface area contributed by atoms with Crippen LogP contribution < -0.4 is 0 Å². The molecule has 1 heterocycles. The monoisotopic (exact) mass is 217 g/mol. The molecule has 0 N–H and O–H groups in total. The highest BCUT2D eigenvalue weighted by atomic mass is 32.2.